The average Bonchev–Trinajstić information content (AvgIpc) is 2.43. The lowest BCUT2D eigenvalue weighted by atomic mass is 9.98. The van der Waals surface area contributed by atoms with Crippen molar-refractivity contribution in [2.75, 3.05) is 6.54 Å². The van der Waals surface area contributed by atoms with E-state index in [0.29, 0.717) is 4.47 Å². The minimum atomic E-state index is -0.317. The van der Waals surface area contributed by atoms with E-state index in [1.165, 1.54) is 18.2 Å². The van der Waals surface area contributed by atoms with Gasteiger partial charge in [0.05, 0.1) is 10.5 Å². The summed E-state index contributed by atoms with van der Waals surface area (Å²) in [6.45, 7) is 2.83. The van der Waals surface area contributed by atoms with Crippen LogP contribution in [-0.2, 0) is 0 Å². The fourth-order valence-corrected chi connectivity index (χ4v) is 2.34. The third-order valence-electron chi connectivity index (χ3n) is 3.06. The second kappa shape index (κ2) is 6.95. The number of hydrogen-bond donors (Lipinski definition) is 1. The van der Waals surface area contributed by atoms with E-state index in [1.54, 1.807) is 12.1 Å². The van der Waals surface area contributed by atoms with Crippen molar-refractivity contribution in [1.29, 1.82) is 0 Å². The van der Waals surface area contributed by atoms with Gasteiger partial charge in [0, 0.05) is 0 Å². The van der Waals surface area contributed by atoms with Crippen LogP contribution in [0.3, 0.4) is 0 Å². The summed E-state index contributed by atoms with van der Waals surface area (Å²) < 4.78 is 27.5. The summed E-state index contributed by atoms with van der Waals surface area (Å²) in [5.41, 5.74) is 1.57. The summed E-state index contributed by atoms with van der Waals surface area (Å²) in [6.07, 6.45) is 0.949. The molecule has 0 aliphatic rings. The van der Waals surface area contributed by atoms with Crippen LogP contribution >= 0.6 is 15.9 Å². The third kappa shape index (κ3) is 3.64. The zero-order chi connectivity index (χ0) is 14.5. The molecule has 1 N–H and O–H groups in total. The van der Waals surface area contributed by atoms with Crippen LogP contribution < -0.4 is 5.32 Å². The molecule has 0 aliphatic carbocycles. The van der Waals surface area contributed by atoms with Gasteiger partial charge in [-0.25, -0.2) is 8.78 Å². The predicted octanol–water partition coefficient (Wildman–Crippen LogP) is 4.82. The number of rotatable bonds is 5. The van der Waals surface area contributed by atoms with E-state index in [2.05, 4.69) is 28.2 Å². The predicted molar refractivity (Wildman–Crippen MR) is 80.6 cm³/mol. The molecular weight excluding hydrogens is 324 g/mol. The lowest BCUT2D eigenvalue weighted by Gasteiger charge is -2.20. The van der Waals surface area contributed by atoms with Crippen molar-refractivity contribution < 1.29 is 8.78 Å². The highest BCUT2D eigenvalue weighted by Gasteiger charge is 2.15. The highest BCUT2D eigenvalue weighted by atomic mass is 79.9. The highest BCUT2D eigenvalue weighted by Crippen LogP contribution is 2.26. The Hall–Kier alpha value is -1.26. The molecule has 1 atom stereocenters. The molecule has 0 bridgehead atoms. The molecule has 0 aliphatic heterocycles. The van der Waals surface area contributed by atoms with Gasteiger partial charge >= 0.3 is 0 Å². The molecular formula is C16H16BrF2N. The molecule has 0 heterocycles. The first-order valence-corrected chi connectivity index (χ1v) is 7.35. The Bertz CT molecular complexity index is 586. The van der Waals surface area contributed by atoms with Crippen molar-refractivity contribution in [3.63, 3.8) is 0 Å². The molecule has 0 saturated carbocycles. The topological polar surface area (TPSA) is 12.0 Å². The van der Waals surface area contributed by atoms with Gasteiger partial charge in [0.2, 0.25) is 0 Å². The third-order valence-corrected chi connectivity index (χ3v) is 3.70. The maximum atomic E-state index is 13.7. The Morgan fingerprint density at radius 3 is 2.50 bits per heavy atom. The summed E-state index contributed by atoms with van der Waals surface area (Å²) in [5, 5.41) is 3.33. The van der Waals surface area contributed by atoms with Crippen molar-refractivity contribution in [2.45, 2.75) is 19.4 Å². The SMILES string of the molecule is CCCNC(c1cccc(F)c1)c1ccc(Br)c(F)c1. The maximum Gasteiger partial charge on any atom is 0.137 e. The van der Waals surface area contributed by atoms with Gasteiger partial charge in [-0.05, 0) is 64.3 Å². The van der Waals surface area contributed by atoms with Crippen molar-refractivity contribution >= 4 is 15.9 Å². The lowest BCUT2D eigenvalue weighted by Crippen LogP contribution is -2.23. The van der Waals surface area contributed by atoms with Crippen LogP contribution in [0.1, 0.15) is 30.5 Å². The minimum Gasteiger partial charge on any atom is -0.306 e. The Labute approximate surface area is 126 Å². The van der Waals surface area contributed by atoms with Crippen LogP contribution in [0.4, 0.5) is 8.78 Å². The second-order valence-corrected chi connectivity index (χ2v) is 5.47. The number of hydrogen-bond acceptors (Lipinski definition) is 1. The Kier molecular flexibility index (Phi) is 5.26. The van der Waals surface area contributed by atoms with E-state index in [4.69, 9.17) is 0 Å². The van der Waals surface area contributed by atoms with E-state index in [-0.39, 0.29) is 17.7 Å². The monoisotopic (exact) mass is 339 g/mol. The van der Waals surface area contributed by atoms with Crippen LogP contribution in [-0.4, -0.2) is 6.54 Å². The fraction of sp³-hybridized carbons (Fsp3) is 0.250. The van der Waals surface area contributed by atoms with Crippen molar-refractivity contribution in [2.24, 2.45) is 0 Å². The number of benzene rings is 2. The van der Waals surface area contributed by atoms with Gasteiger partial charge in [-0.15, -0.1) is 0 Å². The zero-order valence-corrected chi connectivity index (χ0v) is 12.8. The molecule has 4 heteroatoms. The molecule has 0 radical (unpaired) electrons. The van der Waals surface area contributed by atoms with E-state index >= 15 is 0 Å². The van der Waals surface area contributed by atoms with E-state index in [9.17, 15) is 8.78 Å². The van der Waals surface area contributed by atoms with Crippen molar-refractivity contribution in [3.8, 4) is 0 Å². The van der Waals surface area contributed by atoms with Gasteiger partial charge in [0.15, 0.2) is 0 Å². The normalized spacial score (nSPS) is 12.4. The standard InChI is InChI=1S/C16H16BrF2N/c1-2-8-20-16(11-4-3-5-13(18)9-11)12-6-7-14(17)15(19)10-12/h3-7,9-10,16,20H,2,8H2,1H3. The Morgan fingerprint density at radius 1 is 1.10 bits per heavy atom. The molecule has 1 nitrogen and oxygen atoms in total. The smallest absolute Gasteiger partial charge is 0.137 e. The van der Waals surface area contributed by atoms with Crippen LogP contribution in [0.5, 0.6) is 0 Å². The number of nitrogens with one attached hydrogen (secondary N) is 1. The second-order valence-electron chi connectivity index (χ2n) is 4.62. The summed E-state index contributed by atoms with van der Waals surface area (Å²) in [6, 6.07) is 11.2. The molecule has 0 aromatic heterocycles. The lowest BCUT2D eigenvalue weighted by molar-refractivity contribution is 0.575. The molecule has 106 valence electrons. The van der Waals surface area contributed by atoms with Gasteiger partial charge < -0.3 is 5.32 Å². The molecule has 0 fully saturated rings. The first kappa shape index (κ1) is 15.1. The fourth-order valence-electron chi connectivity index (χ4n) is 2.09. The van der Waals surface area contributed by atoms with Crippen LogP contribution in [0.25, 0.3) is 0 Å². The summed E-state index contributed by atoms with van der Waals surface area (Å²) in [4.78, 5) is 0. The van der Waals surface area contributed by atoms with Crippen LogP contribution in [0, 0.1) is 11.6 Å². The van der Waals surface area contributed by atoms with E-state index < -0.39 is 0 Å². The van der Waals surface area contributed by atoms with Crippen molar-refractivity contribution in [3.05, 3.63) is 69.7 Å². The Morgan fingerprint density at radius 2 is 1.85 bits per heavy atom. The van der Waals surface area contributed by atoms with Gasteiger partial charge in [-0.1, -0.05) is 25.1 Å². The van der Waals surface area contributed by atoms with Crippen LogP contribution in [0.2, 0.25) is 0 Å². The van der Waals surface area contributed by atoms with Crippen LogP contribution in [0.15, 0.2) is 46.9 Å². The van der Waals surface area contributed by atoms with Gasteiger partial charge in [-0.2, -0.15) is 0 Å². The van der Waals surface area contributed by atoms with Crippen molar-refractivity contribution in [1.82, 2.24) is 5.32 Å². The molecule has 1 unspecified atom stereocenters. The van der Waals surface area contributed by atoms with Gasteiger partial charge in [-0.3, -0.25) is 0 Å². The van der Waals surface area contributed by atoms with Gasteiger partial charge in [0.25, 0.3) is 0 Å². The molecule has 20 heavy (non-hydrogen) atoms. The summed E-state index contributed by atoms with van der Waals surface area (Å²) >= 11 is 3.14. The highest BCUT2D eigenvalue weighted by molar-refractivity contribution is 9.10. The Balaban J connectivity index is 2.38. The first-order valence-electron chi connectivity index (χ1n) is 6.55. The molecule has 0 spiro atoms. The van der Waals surface area contributed by atoms with E-state index in [0.717, 1.165) is 24.1 Å². The molecule has 0 saturated heterocycles. The molecule has 2 aromatic carbocycles. The van der Waals surface area contributed by atoms with E-state index in [1.807, 2.05) is 12.1 Å². The summed E-state index contributed by atoms with van der Waals surface area (Å²) in [7, 11) is 0. The first-order chi connectivity index (χ1) is 9.61. The van der Waals surface area contributed by atoms with Gasteiger partial charge in [0.1, 0.15) is 11.6 Å². The molecule has 2 aromatic rings. The zero-order valence-electron chi connectivity index (χ0n) is 11.2. The maximum absolute atomic E-state index is 13.7. The average molecular weight is 340 g/mol. The minimum absolute atomic E-state index is 0.215. The molecule has 0 amide bonds. The number of halogens is 3. The summed E-state index contributed by atoms with van der Waals surface area (Å²) in [5.74, 6) is -0.606. The molecule has 2 rings (SSSR count). The largest absolute Gasteiger partial charge is 0.306 e. The quantitative estimate of drug-likeness (QED) is 0.823.